The summed E-state index contributed by atoms with van der Waals surface area (Å²) < 4.78 is 0. The van der Waals surface area contributed by atoms with Crippen LogP contribution >= 0.6 is 11.3 Å². The van der Waals surface area contributed by atoms with Crippen molar-refractivity contribution in [2.75, 3.05) is 6.54 Å². The summed E-state index contributed by atoms with van der Waals surface area (Å²) in [4.78, 5) is 34.4. The molecule has 0 aliphatic heterocycles. The largest absolute Gasteiger partial charge is 0.480 e. The van der Waals surface area contributed by atoms with Crippen LogP contribution in [-0.2, 0) is 9.59 Å². The van der Waals surface area contributed by atoms with Gasteiger partial charge in [-0.3, -0.25) is 30.6 Å². The molecule has 0 saturated heterocycles. The molecule has 1 unspecified atom stereocenters. The number of carboxylic acids is 1. The Hall–Kier alpha value is -1.93. The van der Waals surface area contributed by atoms with Crippen LogP contribution in [-0.4, -0.2) is 35.5 Å². The Morgan fingerprint density at radius 3 is 2.50 bits per heavy atom. The average Bonchev–Trinajstić information content (AvgIpc) is 2.89. The highest BCUT2D eigenvalue weighted by Gasteiger charge is 2.21. The van der Waals surface area contributed by atoms with Crippen LogP contribution in [0.4, 0.5) is 0 Å². The molecule has 2 amide bonds. The van der Waals surface area contributed by atoms with E-state index in [1.807, 2.05) is 0 Å². The molecule has 0 aliphatic carbocycles. The second-order valence-electron chi connectivity index (χ2n) is 4.42. The summed E-state index contributed by atoms with van der Waals surface area (Å²) in [6, 6.07) is 2.54. The second-order valence-corrected chi connectivity index (χ2v) is 5.37. The van der Waals surface area contributed by atoms with Gasteiger partial charge in [0.2, 0.25) is 0 Å². The Morgan fingerprint density at radius 1 is 1.30 bits per heavy atom. The quantitative estimate of drug-likeness (QED) is 0.562. The highest BCUT2D eigenvalue weighted by Crippen LogP contribution is 2.06. The molecule has 0 spiro atoms. The summed E-state index contributed by atoms with van der Waals surface area (Å²) in [5.41, 5.74) is 4.47. The molecule has 8 heteroatoms. The fourth-order valence-electron chi connectivity index (χ4n) is 1.45. The minimum absolute atomic E-state index is 0.152. The first-order chi connectivity index (χ1) is 9.41. The molecule has 0 saturated carbocycles. The molecule has 20 heavy (non-hydrogen) atoms. The highest BCUT2D eigenvalue weighted by molar-refractivity contribution is 7.12. The standard InChI is InChI=1S/C12H17N3O4S/c1-7(2)10(12(18)19)13-6-9(16)14-15-11(17)8-4-3-5-20-8/h3-5,7,10,13H,6H2,1-2H3,(H,14,16)(H,15,17)(H,18,19). The zero-order valence-corrected chi connectivity index (χ0v) is 12.0. The topological polar surface area (TPSA) is 108 Å². The maximum absolute atomic E-state index is 11.5. The Labute approximate surface area is 120 Å². The van der Waals surface area contributed by atoms with Crippen molar-refractivity contribution >= 4 is 29.1 Å². The van der Waals surface area contributed by atoms with Crippen molar-refractivity contribution in [1.29, 1.82) is 0 Å². The smallest absolute Gasteiger partial charge is 0.320 e. The second kappa shape index (κ2) is 7.61. The van der Waals surface area contributed by atoms with E-state index in [0.717, 1.165) is 0 Å². The number of hydrazine groups is 1. The lowest BCUT2D eigenvalue weighted by Gasteiger charge is -2.17. The first-order valence-corrected chi connectivity index (χ1v) is 6.88. The van der Waals surface area contributed by atoms with Gasteiger partial charge in [-0.25, -0.2) is 0 Å². The molecule has 1 aromatic heterocycles. The summed E-state index contributed by atoms with van der Waals surface area (Å²) >= 11 is 1.25. The molecule has 0 aliphatic rings. The van der Waals surface area contributed by atoms with E-state index in [0.29, 0.717) is 4.88 Å². The number of carboxylic acid groups (broad SMARTS) is 1. The van der Waals surface area contributed by atoms with Gasteiger partial charge in [0, 0.05) is 0 Å². The summed E-state index contributed by atoms with van der Waals surface area (Å²) in [5.74, 6) is -2.09. The maximum Gasteiger partial charge on any atom is 0.320 e. The van der Waals surface area contributed by atoms with Crippen LogP contribution in [0, 0.1) is 5.92 Å². The first-order valence-electron chi connectivity index (χ1n) is 6.00. The molecule has 0 bridgehead atoms. The third kappa shape index (κ3) is 4.98. The molecule has 0 fully saturated rings. The van der Waals surface area contributed by atoms with E-state index in [1.165, 1.54) is 11.3 Å². The lowest BCUT2D eigenvalue weighted by molar-refractivity contribution is -0.140. The van der Waals surface area contributed by atoms with Gasteiger partial charge in [-0.15, -0.1) is 11.3 Å². The van der Waals surface area contributed by atoms with Gasteiger partial charge in [0.05, 0.1) is 11.4 Å². The molecule has 1 aromatic rings. The van der Waals surface area contributed by atoms with Gasteiger partial charge in [0.1, 0.15) is 6.04 Å². The van der Waals surface area contributed by atoms with Crippen molar-refractivity contribution in [3.05, 3.63) is 22.4 Å². The fraction of sp³-hybridized carbons (Fsp3) is 0.417. The Kier molecular flexibility index (Phi) is 6.13. The summed E-state index contributed by atoms with van der Waals surface area (Å²) in [6.45, 7) is 3.28. The zero-order valence-electron chi connectivity index (χ0n) is 11.2. The van der Waals surface area contributed by atoms with Crippen molar-refractivity contribution in [1.82, 2.24) is 16.2 Å². The van der Waals surface area contributed by atoms with Gasteiger partial charge >= 0.3 is 5.97 Å². The van der Waals surface area contributed by atoms with Crippen LogP contribution in [0.25, 0.3) is 0 Å². The average molecular weight is 299 g/mol. The van der Waals surface area contributed by atoms with Gasteiger partial charge in [0.15, 0.2) is 0 Å². The normalized spacial score (nSPS) is 11.9. The van der Waals surface area contributed by atoms with E-state index >= 15 is 0 Å². The van der Waals surface area contributed by atoms with Crippen molar-refractivity contribution in [2.45, 2.75) is 19.9 Å². The van der Waals surface area contributed by atoms with E-state index in [4.69, 9.17) is 5.11 Å². The number of aliphatic carboxylic acids is 1. The molecule has 1 rings (SSSR count). The zero-order chi connectivity index (χ0) is 15.1. The van der Waals surface area contributed by atoms with E-state index in [1.54, 1.807) is 31.4 Å². The van der Waals surface area contributed by atoms with Gasteiger partial charge in [0.25, 0.3) is 11.8 Å². The predicted molar refractivity (Wildman–Crippen MR) is 74.2 cm³/mol. The van der Waals surface area contributed by atoms with E-state index < -0.39 is 23.8 Å². The van der Waals surface area contributed by atoms with Crippen LogP contribution in [0.1, 0.15) is 23.5 Å². The lowest BCUT2D eigenvalue weighted by Crippen LogP contribution is -2.49. The maximum atomic E-state index is 11.5. The van der Waals surface area contributed by atoms with Crippen molar-refractivity contribution in [3.8, 4) is 0 Å². The van der Waals surface area contributed by atoms with Crippen LogP contribution < -0.4 is 16.2 Å². The molecule has 0 aromatic carbocycles. The van der Waals surface area contributed by atoms with Crippen molar-refractivity contribution in [3.63, 3.8) is 0 Å². The number of carbonyl (C=O) groups excluding carboxylic acids is 2. The Morgan fingerprint density at radius 2 is 2.00 bits per heavy atom. The number of nitrogens with one attached hydrogen (secondary N) is 3. The number of amides is 2. The molecule has 7 nitrogen and oxygen atoms in total. The number of hydrogen-bond acceptors (Lipinski definition) is 5. The molecular formula is C12H17N3O4S. The molecular weight excluding hydrogens is 282 g/mol. The SMILES string of the molecule is CC(C)C(NCC(=O)NNC(=O)c1cccs1)C(=O)O. The molecule has 1 atom stereocenters. The van der Waals surface area contributed by atoms with E-state index in [2.05, 4.69) is 16.2 Å². The van der Waals surface area contributed by atoms with Gasteiger partial charge in [-0.05, 0) is 17.4 Å². The van der Waals surface area contributed by atoms with Crippen molar-refractivity contribution in [2.24, 2.45) is 5.92 Å². The lowest BCUT2D eigenvalue weighted by atomic mass is 10.1. The number of carbonyl (C=O) groups is 3. The molecule has 4 N–H and O–H groups in total. The predicted octanol–water partition coefficient (Wildman–Crippen LogP) is 0.208. The summed E-state index contributed by atoms with van der Waals surface area (Å²) in [7, 11) is 0. The van der Waals surface area contributed by atoms with Crippen molar-refractivity contribution < 1.29 is 19.5 Å². The Bertz CT molecular complexity index is 473. The highest BCUT2D eigenvalue weighted by atomic mass is 32.1. The Balaban J connectivity index is 2.33. The molecule has 0 radical (unpaired) electrons. The molecule has 110 valence electrons. The fourth-order valence-corrected chi connectivity index (χ4v) is 2.07. The monoisotopic (exact) mass is 299 g/mol. The summed E-state index contributed by atoms with van der Waals surface area (Å²) in [5, 5.41) is 13.3. The molecule has 1 heterocycles. The van der Waals surface area contributed by atoms with E-state index in [9.17, 15) is 14.4 Å². The van der Waals surface area contributed by atoms with Gasteiger partial charge < -0.3 is 5.11 Å². The summed E-state index contributed by atoms with van der Waals surface area (Å²) in [6.07, 6.45) is 0. The van der Waals surface area contributed by atoms with Crippen LogP contribution in [0.15, 0.2) is 17.5 Å². The van der Waals surface area contributed by atoms with Crippen LogP contribution in [0.3, 0.4) is 0 Å². The number of hydrogen-bond donors (Lipinski definition) is 4. The third-order valence-electron chi connectivity index (χ3n) is 2.48. The first kappa shape index (κ1) is 16.1. The third-order valence-corrected chi connectivity index (χ3v) is 3.34. The number of thiophene rings is 1. The van der Waals surface area contributed by atoms with Gasteiger partial charge in [-0.2, -0.15) is 0 Å². The number of rotatable bonds is 6. The minimum Gasteiger partial charge on any atom is -0.480 e. The van der Waals surface area contributed by atoms with E-state index in [-0.39, 0.29) is 12.5 Å². The van der Waals surface area contributed by atoms with Gasteiger partial charge in [-0.1, -0.05) is 19.9 Å². The van der Waals surface area contributed by atoms with Crippen LogP contribution in [0.5, 0.6) is 0 Å². The van der Waals surface area contributed by atoms with Crippen LogP contribution in [0.2, 0.25) is 0 Å². The minimum atomic E-state index is -1.02.